The molecule has 30 heavy (non-hydrogen) atoms. The fraction of sp³-hybridized carbons (Fsp3) is 0.250. The zero-order chi connectivity index (χ0) is 21.7. The predicted octanol–water partition coefficient (Wildman–Crippen LogP) is 3.97. The van der Waals surface area contributed by atoms with Crippen molar-refractivity contribution in [3.8, 4) is 23.0 Å². The lowest BCUT2D eigenvalue weighted by Gasteiger charge is -2.10. The van der Waals surface area contributed by atoms with Gasteiger partial charge in [0.15, 0.2) is 11.9 Å². The number of aromatic nitrogens is 2. The maximum Gasteiger partial charge on any atom is 0.339 e. The summed E-state index contributed by atoms with van der Waals surface area (Å²) in [5, 5.41) is 19.1. The molecule has 0 saturated carbocycles. The van der Waals surface area contributed by atoms with Gasteiger partial charge in [0, 0.05) is 11.6 Å². The minimum atomic E-state index is -0.859. The molecule has 0 bridgehead atoms. The smallest absolute Gasteiger partial charge is 0.339 e. The van der Waals surface area contributed by atoms with Gasteiger partial charge in [0.1, 0.15) is 5.75 Å². The number of benzene rings is 2. The van der Waals surface area contributed by atoms with Crippen molar-refractivity contribution in [3.05, 3.63) is 64.0 Å². The number of methoxy groups -OCH3 is 1. The lowest BCUT2D eigenvalue weighted by atomic mass is 10.2. The van der Waals surface area contributed by atoms with Gasteiger partial charge in [-0.15, -0.1) is 10.2 Å². The third-order valence-corrected chi connectivity index (χ3v) is 4.10. The molecule has 0 N–H and O–H groups in total. The molecule has 0 radical (unpaired) electrons. The summed E-state index contributed by atoms with van der Waals surface area (Å²) < 4.78 is 21.2. The molecular formula is C20H19N3O7. The number of esters is 1. The maximum absolute atomic E-state index is 12.4. The second-order valence-electron chi connectivity index (χ2n) is 6.09. The van der Waals surface area contributed by atoms with Gasteiger partial charge in [-0.3, -0.25) is 10.1 Å². The summed E-state index contributed by atoms with van der Waals surface area (Å²) in [6.45, 7) is 3.53. The number of nitrogens with zero attached hydrogens (tertiary/aromatic N) is 3. The number of hydrogen-bond donors (Lipinski definition) is 0. The van der Waals surface area contributed by atoms with Crippen molar-refractivity contribution < 1.29 is 28.3 Å². The van der Waals surface area contributed by atoms with E-state index in [1.165, 1.54) is 12.1 Å². The molecular weight excluding hydrogens is 394 g/mol. The van der Waals surface area contributed by atoms with Crippen molar-refractivity contribution >= 4 is 11.7 Å². The Labute approximate surface area is 171 Å². The molecule has 0 saturated heterocycles. The minimum absolute atomic E-state index is 0.00639. The molecule has 2 aromatic carbocycles. The van der Waals surface area contributed by atoms with Gasteiger partial charge in [-0.25, -0.2) is 4.79 Å². The molecule has 3 aromatic rings. The molecule has 1 heterocycles. The molecule has 1 atom stereocenters. The van der Waals surface area contributed by atoms with E-state index in [2.05, 4.69) is 10.2 Å². The van der Waals surface area contributed by atoms with Gasteiger partial charge in [-0.1, -0.05) is 0 Å². The summed E-state index contributed by atoms with van der Waals surface area (Å²) in [5.41, 5.74) is 0.362. The van der Waals surface area contributed by atoms with Crippen molar-refractivity contribution in [2.45, 2.75) is 20.0 Å². The summed E-state index contributed by atoms with van der Waals surface area (Å²) >= 11 is 0. The van der Waals surface area contributed by atoms with E-state index in [1.54, 1.807) is 45.2 Å². The Morgan fingerprint density at radius 2 is 1.93 bits per heavy atom. The van der Waals surface area contributed by atoms with Crippen LogP contribution in [0.3, 0.4) is 0 Å². The number of carbonyl (C=O) groups is 1. The molecule has 1 aromatic heterocycles. The van der Waals surface area contributed by atoms with Crippen LogP contribution in [0, 0.1) is 10.1 Å². The largest absolute Gasteiger partial charge is 0.497 e. The van der Waals surface area contributed by atoms with Crippen LogP contribution in [-0.4, -0.2) is 34.8 Å². The first-order valence-electron chi connectivity index (χ1n) is 9.03. The monoisotopic (exact) mass is 413 g/mol. The van der Waals surface area contributed by atoms with Crippen molar-refractivity contribution in [1.82, 2.24) is 10.2 Å². The van der Waals surface area contributed by atoms with Crippen molar-refractivity contribution in [2.24, 2.45) is 0 Å². The molecule has 0 spiro atoms. The zero-order valence-electron chi connectivity index (χ0n) is 16.5. The molecule has 0 amide bonds. The average molecular weight is 413 g/mol. The first-order chi connectivity index (χ1) is 14.4. The van der Waals surface area contributed by atoms with Crippen LogP contribution in [0.25, 0.3) is 11.5 Å². The quantitative estimate of drug-likeness (QED) is 0.306. The summed E-state index contributed by atoms with van der Waals surface area (Å²) in [4.78, 5) is 23.0. The zero-order valence-corrected chi connectivity index (χ0v) is 16.5. The average Bonchev–Trinajstić information content (AvgIpc) is 3.24. The van der Waals surface area contributed by atoms with Crippen molar-refractivity contribution in [2.75, 3.05) is 13.7 Å². The van der Waals surface area contributed by atoms with Gasteiger partial charge >= 0.3 is 11.7 Å². The molecule has 0 fully saturated rings. The highest BCUT2D eigenvalue weighted by Crippen LogP contribution is 2.29. The standard InChI is InChI=1S/C20H19N3O7/c1-4-28-17-10-7-14(11-16(17)23(25)26)20(24)29-12(2)18-21-22-19(30-18)13-5-8-15(27-3)9-6-13/h5-12H,4H2,1-3H3/t12-/m1/s1. The van der Waals surface area contributed by atoms with Gasteiger partial charge < -0.3 is 18.6 Å². The van der Waals surface area contributed by atoms with Crippen LogP contribution >= 0.6 is 0 Å². The SMILES string of the molecule is CCOc1ccc(C(=O)O[C@H](C)c2nnc(-c3ccc(OC)cc3)o2)cc1[N+](=O)[O-]. The van der Waals surface area contributed by atoms with Crippen molar-refractivity contribution in [1.29, 1.82) is 0 Å². The Morgan fingerprint density at radius 1 is 1.20 bits per heavy atom. The van der Waals surface area contributed by atoms with E-state index < -0.39 is 17.0 Å². The summed E-state index contributed by atoms with van der Waals surface area (Å²) in [6, 6.07) is 10.9. The van der Waals surface area contributed by atoms with Crippen LogP contribution in [-0.2, 0) is 4.74 Å². The molecule has 0 unspecified atom stereocenters. The Balaban J connectivity index is 1.73. The number of ether oxygens (including phenoxy) is 3. The maximum atomic E-state index is 12.4. The van der Waals surface area contributed by atoms with E-state index in [0.717, 1.165) is 6.07 Å². The van der Waals surface area contributed by atoms with Gasteiger partial charge in [0.2, 0.25) is 5.89 Å². The fourth-order valence-corrected chi connectivity index (χ4v) is 2.59. The van der Waals surface area contributed by atoms with Crippen LogP contribution < -0.4 is 9.47 Å². The summed E-state index contributed by atoms with van der Waals surface area (Å²) in [7, 11) is 1.56. The summed E-state index contributed by atoms with van der Waals surface area (Å²) in [6.07, 6.45) is -0.859. The molecule has 0 aliphatic heterocycles. The molecule has 3 rings (SSSR count). The molecule has 0 aliphatic rings. The van der Waals surface area contributed by atoms with E-state index in [-0.39, 0.29) is 35.4 Å². The predicted molar refractivity (Wildman–Crippen MR) is 104 cm³/mol. The molecule has 0 aliphatic carbocycles. The highest BCUT2D eigenvalue weighted by Gasteiger charge is 2.23. The Hall–Kier alpha value is -3.95. The Morgan fingerprint density at radius 3 is 2.57 bits per heavy atom. The van der Waals surface area contributed by atoms with Crippen LogP contribution in [0.15, 0.2) is 46.9 Å². The number of nitro benzene ring substituents is 1. The molecule has 10 nitrogen and oxygen atoms in total. The van der Waals surface area contributed by atoms with E-state index in [0.29, 0.717) is 11.3 Å². The second-order valence-corrected chi connectivity index (χ2v) is 6.09. The van der Waals surface area contributed by atoms with E-state index >= 15 is 0 Å². The van der Waals surface area contributed by atoms with Gasteiger partial charge in [0.05, 0.1) is 24.2 Å². The van der Waals surface area contributed by atoms with Crippen molar-refractivity contribution in [3.63, 3.8) is 0 Å². The molecule has 156 valence electrons. The Kier molecular flexibility index (Phi) is 6.26. The lowest BCUT2D eigenvalue weighted by Crippen LogP contribution is -2.10. The fourth-order valence-electron chi connectivity index (χ4n) is 2.59. The lowest BCUT2D eigenvalue weighted by molar-refractivity contribution is -0.385. The second kappa shape index (κ2) is 9.03. The number of carbonyl (C=O) groups excluding carboxylic acids is 1. The van der Waals surface area contributed by atoms with Crippen LogP contribution in [0.4, 0.5) is 5.69 Å². The van der Waals surface area contributed by atoms with E-state index in [1.807, 2.05) is 0 Å². The summed E-state index contributed by atoms with van der Waals surface area (Å²) in [5.74, 6) is 0.345. The van der Waals surface area contributed by atoms with Crippen LogP contribution in [0.5, 0.6) is 11.5 Å². The highest BCUT2D eigenvalue weighted by molar-refractivity contribution is 5.90. The van der Waals surface area contributed by atoms with E-state index in [9.17, 15) is 14.9 Å². The number of rotatable bonds is 8. The third-order valence-electron chi connectivity index (χ3n) is 4.10. The van der Waals surface area contributed by atoms with Crippen LogP contribution in [0.2, 0.25) is 0 Å². The first kappa shape index (κ1) is 20.8. The highest BCUT2D eigenvalue weighted by atomic mass is 16.6. The minimum Gasteiger partial charge on any atom is -0.497 e. The van der Waals surface area contributed by atoms with Gasteiger partial charge in [0.25, 0.3) is 5.89 Å². The third kappa shape index (κ3) is 4.54. The van der Waals surface area contributed by atoms with Gasteiger partial charge in [-0.2, -0.15) is 0 Å². The first-order valence-corrected chi connectivity index (χ1v) is 9.03. The number of nitro groups is 1. The number of hydrogen-bond acceptors (Lipinski definition) is 9. The molecule has 10 heteroatoms. The van der Waals surface area contributed by atoms with E-state index in [4.69, 9.17) is 18.6 Å². The Bertz CT molecular complexity index is 1050. The van der Waals surface area contributed by atoms with Crippen LogP contribution in [0.1, 0.15) is 36.2 Å². The normalized spacial score (nSPS) is 11.6. The van der Waals surface area contributed by atoms with Gasteiger partial charge in [-0.05, 0) is 50.2 Å². The topological polar surface area (TPSA) is 127 Å².